The molecule has 0 aliphatic carbocycles. The van der Waals surface area contributed by atoms with Gasteiger partial charge >= 0.3 is 11.9 Å². The van der Waals surface area contributed by atoms with E-state index in [2.05, 4.69) is 13.2 Å². The SMILES string of the molecule is C=C(C)C(=O)OCCOc1c(OCC)cc(C(C)(C)c2cc(OCC)c(OCCOC(=O)C(=C)C)c(OCC)c2OCC)c(OCC)c1OCC. The van der Waals surface area contributed by atoms with Crippen LogP contribution in [0.4, 0.5) is 0 Å². The van der Waals surface area contributed by atoms with E-state index in [0.717, 1.165) is 0 Å². The summed E-state index contributed by atoms with van der Waals surface area (Å²) in [6, 6.07) is 3.73. The van der Waals surface area contributed by atoms with Gasteiger partial charge in [-0.25, -0.2) is 9.59 Å². The smallest absolute Gasteiger partial charge is 0.333 e. The molecule has 0 unspecified atom stereocenters. The lowest BCUT2D eigenvalue weighted by Crippen LogP contribution is -2.24. The Morgan fingerprint density at radius 3 is 1.10 bits per heavy atom. The second kappa shape index (κ2) is 20.8. The number of rotatable bonds is 24. The first-order valence-corrected chi connectivity index (χ1v) is 17.4. The first-order valence-electron chi connectivity index (χ1n) is 17.4. The topological polar surface area (TPSA) is 126 Å². The summed E-state index contributed by atoms with van der Waals surface area (Å²) >= 11 is 0. The van der Waals surface area contributed by atoms with Crippen LogP contribution in [0.2, 0.25) is 0 Å². The van der Waals surface area contributed by atoms with Gasteiger partial charge in [-0.15, -0.1) is 0 Å². The molecule has 0 radical (unpaired) electrons. The molecule has 0 saturated heterocycles. The Labute approximate surface area is 302 Å². The summed E-state index contributed by atoms with van der Waals surface area (Å²) in [7, 11) is 0. The monoisotopic (exact) mass is 716 g/mol. The highest BCUT2D eigenvalue weighted by Gasteiger charge is 2.38. The summed E-state index contributed by atoms with van der Waals surface area (Å²) < 4.78 is 60.2. The molecular weight excluding hydrogens is 660 g/mol. The fourth-order valence-corrected chi connectivity index (χ4v) is 5.00. The van der Waals surface area contributed by atoms with Crippen LogP contribution in [0.15, 0.2) is 36.4 Å². The van der Waals surface area contributed by atoms with E-state index >= 15 is 0 Å². The molecular formula is C39H56O12. The van der Waals surface area contributed by atoms with Crippen LogP contribution in [0, 0.1) is 0 Å². The third-order valence-electron chi connectivity index (χ3n) is 7.24. The predicted octanol–water partition coefficient (Wildman–Crippen LogP) is 7.40. The van der Waals surface area contributed by atoms with Crippen molar-refractivity contribution in [3.8, 4) is 46.0 Å². The van der Waals surface area contributed by atoms with Crippen molar-refractivity contribution in [1.82, 2.24) is 0 Å². The molecule has 2 aromatic carbocycles. The van der Waals surface area contributed by atoms with Gasteiger partial charge in [-0.1, -0.05) is 27.0 Å². The Morgan fingerprint density at radius 1 is 0.490 bits per heavy atom. The van der Waals surface area contributed by atoms with Crippen LogP contribution in [0.3, 0.4) is 0 Å². The van der Waals surface area contributed by atoms with Crippen LogP contribution in [0.1, 0.15) is 80.4 Å². The number of hydrogen-bond acceptors (Lipinski definition) is 12. The van der Waals surface area contributed by atoms with E-state index in [1.165, 1.54) is 0 Å². The van der Waals surface area contributed by atoms with Crippen LogP contribution in [0.25, 0.3) is 0 Å². The van der Waals surface area contributed by atoms with Gasteiger partial charge in [-0.3, -0.25) is 0 Å². The fraction of sp³-hybridized carbons (Fsp3) is 0.538. The highest BCUT2D eigenvalue weighted by atomic mass is 16.6. The van der Waals surface area contributed by atoms with E-state index < -0.39 is 17.4 Å². The van der Waals surface area contributed by atoms with E-state index in [0.29, 0.717) is 108 Å². The minimum Gasteiger partial charge on any atom is -0.490 e. The average Bonchev–Trinajstić information content (AvgIpc) is 3.08. The van der Waals surface area contributed by atoms with E-state index in [-0.39, 0.29) is 26.4 Å². The third-order valence-corrected chi connectivity index (χ3v) is 7.24. The first-order chi connectivity index (χ1) is 24.3. The van der Waals surface area contributed by atoms with Crippen molar-refractivity contribution in [3.05, 3.63) is 47.6 Å². The highest BCUT2D eigenvalue weighted by Crippen LogP contribution is 2.56. The fourth-order valence-electron chi connectivity index (χ4n) is 5.00. The van der Waals surface area contributed by atoms with E-state index in [1.54, 1.807) is 13.8 Å². The zero-order valence-electron chi connectivity index (χ0n) is 32.0. The van der Waals surface area contributed by atoms with E-state index in [1.807, 2.05) is 67.5 Å². The molecule has 0 saturated carbocycles. The van der Waals surface area contributed by atoms with Crippen molar-refractivity contribution in [2.45, 2.75) is 74.7 Å². The summed E-state index contributed by atoms with van der Waals surface area (Å²) in [5.74, 6) is 2.02. The molecule has 2 aromatic rings. The summed E-state index contributed by atoms with van der Waals surface area (Å²) in [4.78, 5) is 23.9. The lowest BCUT2D eigenvalue weighted by atomic mass is 9.76. The van der Waals surface area contributed by atoms with Gasteiger partial charge in [-0.05, 0) is 67.5 Å². The van der Waals surface area contributed by atoms with Gasteiger partial charge in [0.25, 0.3) is 0 Å². The summed E-state index contributed by atoms with van der Waals surface area (Å²) in [6.45, 7) is 27.6. The van der Waals surface area contributed by atoms with Crippen molar-refractivity contribution < 1.29 is 57.0 Å². The number of benzene rings is 2. The molecule has 0 aliphatic heterocycles. The molecule has 0 N–H and O–H groups in total. The third kappa shape index (κ3) is 11.1. The van der Waals surface area contributed by atoms with Gasteiger partial charge in [0, 0.05) is 27.7 Å². The highest BCUT2D eigenvalue weighted by molar-refractivity contribution is 5.87. The number of carbonyl (C=O) groups is 2. The predicted molar refractivity (Wildman–Crippen MR) is 195 cm³/mol. The van der Waals surface area contributed by atoms with Gasteiger partial charge in [0.1, 0.15) is 26.4 Å². The van der Waals surface area contributed by atoms with Gasteiger partial charge in [-0.2, -0.15) is 0 Å². The van der Waals surface area contributed by atoms with Crippen LogP contribution >= 0.6 is 0 Å². The Morgan fingerprint density at radius 2 is 0.804 bits per heavy atom. The van der Waals surface area contributed by atoms with E-state index in [4.69, 9.17) is 47.4 Å². The number of esters is 2. The summed E-state index contributed by atoms with van der Waals surface area (Å²) in [5.41, 5.74) is 1.14. The second-order valence-electron chi connectivity index (χ2n) is 11.6. The molecule has 0 aromatic heterocycles. The quantitative estimate of drug-likeness (QED) is 0.0610. The molecule has 2 rings (SSSR count). The largest absolute Gasteiger partial charge is 0.490 e. The maximum absolute atomic E-state index is 12.0. The minimum atomic E-state index is -0.866. The molecule has 0 bridgehead atoms. The molecule has 12 heteroatoms. The Kier molecular flexibility index (Phi) is 17.3. The molecule has 51 heavy (non-hydrogen) atoms. The van der Waals surface area contributed by atoms with Gasteiger partial charge in [0.05, 0.1) is 39.6 Å². The van der Waals surface area contributed by atoms with Crippen LogP contribution in [-0.2, 0) is 24.5 Å². The Bertz CT molecular complexity index is 1380. The van der Waals surface area contributed by atoms with Crippen LogP contribution in [-0.4, -0.2) is 78.0 Å². The summed E-state index contributed by atoms with van der Waals surface area (Å²) in [5, 5.41) is 0. The summed E-state index contributed by atoms with van der Waals surface area (Å²) in [6.07, 6.45) is 0. The Hall–Kier alpha value is -4.74. The van der Waals surface area contributed by atoms with Gasteiger partial charge < -0.3 is 47.4 Å². The molecule has 0 fully saturated rings. The number of ether oxygens (including phenoxy) is 10. The maximum Gasteiger partial charge on any atom is 0.333 e. The molecule has 0 spiro atoms. The van der Waals surface area contributed by atoms with E-state index in [9.17, 15) is 9.59 Å². The Balaban J connectivity index is 2.85. The second-order valence-corrected chi connectivity index (χ2v) is 11.6. The molecule has 12 nitrogen and oxygen atoms in total. The van der Waals surface area contributed by atoms with Crippen molar-refractivity contribution in [1.29, 1.82) is 0 Å². The molecule has 284 valence electrons. The van der Waals surface area contributed by atoms with Crippen LogP contribution in [0.5, 0.6) is 46.0 Å². The molecule has 0 aliphatic rings. The normalized spacial score (nSPS) is 10.9. The maximum atomic E-state index is 12.0. The molecule has 0 heterocycles. The minimum absolute atomic E-state index is 0.0110. The zero-order valence-corrected chi connectivity index (χ0v) is 32.0. The average molecular weight is 717 g/mol. The zero-order chi connectivity index (χ0) is 38.1. The van der Waals surface area contributed by atoms with Crippen molar-refractivity contribution >= 4 is 11.9 Å². The number of hydrogen-bond donors (Lipinski definition) is 0. The standard InChI is InChI=1S/C39H56O12/c1-13-42-29-23-27(31(44-15-3)35(46-17-5)33(29)48-19-21-50-37(40)25(7)8)39(11,12)28-24-30(43-14-2)34(36(47-18-6)32(28)45-16-4)49-20-22-51-38(41)26(9)10/h23-24H,7,9,13-22H2,1-6,8,10-12H3. The lowest BCUT2D eigenvalue weighted by Gasteiger charge is -2.33. The van der Waals surface area contributed by atoms with Crippen molar-refractivity contribution in [2.24, 2.45) is 0 Å². The molecule has 0 amide bonds. The van der Waals surface area contributed by atoms with Crippen molar-refractivity contribution in [3.63, 3.8) is 0 Å². The van der Waals surface area contributed by atoms with Crippen molar-refractivity contribution in [2.75, 3.05) is 66.1 Å². The first kappa shape index (κ1) is 42.4. The lowest BCUT2D eigenvalue weighted by molar-refractivity contribution is -0.140. The van der Waals surface area contributed by atoms with Gasteiger partial charge in [0.2, 0.25) is 23.0 Å². The van der Waals surface area contributed by atoms with Gasteiger partial charge in [0.15, 0.2) is 23.0 Å². The van der Waals surface area contributed by atoms with Crippen LogP contribution < -0.4 is 37.9 Å². The molecule has 0 atom stereocenters. The number of carbonyl (C=O) groups excluding carboxylic acids is 2.